The highest BCUT2D eigenvalue weighted by atomic mass is 16.5. The molecule has 0 unspecified atom stereocenters. The molecule has 13 heteroatoms. The van der Waals surface area contributed by atoms with E-state index in [1.54, 1.807) is 0 Å². The van der Waals surface area contributed by atoms with Crippen molar-refractivity contribution < 1.29 is 44.3 Å². The summed E-state index contributed by atoms with van der Waals surface area (Å²) < 4.78 is 4.86. The Bertz CT molecular complexity index is 277. The van der Waals surface area contributed by atoms with Crippen molar-refractivity contribution >= 4 is 23.9 Å². The van der Waals surface area contributed by atoms with E-state index in [9.17, 15) is 0 Å². The third-order valence-corrected chi connectivity index (χ3v) is 0.621. The van der Waals surface area contributed by atoms with Crippen LogP contribution in [0, 0.1) is 0 Å². The number of nitrogens with two attached hydrogens (primary N) is 4. The van der Waals surface area contributed by atoms with Crippen molar-refractivity contribution in [3.05, 3.63) is 0 Å². The molecule has 0 amide bonds. The van der Waals surface area contributed by atoms with Gasteiger partial charge in [0.1, 0.15) is 0 Å². The van der Waals surface area contributed by atoms with E-state index >= 15 is 0 Å². The van der Waals surface area contributed by atoms with E-state index in [1.807, 2.05) is 0 Å². The van der Waals surface area contributed by atoms with Gasteiger partial charge in [-0.1, -0.05) is 0 Å². The number of carbonyl (C=O) groups is 4. The molecule has 25 heavy (non-hydrogen) atoms. The molecule has 0 saturated heterocycles. The molecule has 0 aromatic heterocycles. The number of hydrogen-bond donors (Lipinski definition) is 8. The molecule has 0 heterocycles. The summed E-state index contributed by atoms with van der Waals surface area (Å²) in [6, 6.07) is 0. The van der Waals surface area contributed by atoms with Gasteiger partial charge in [-0.2, -0.15) is 0 Å². The third kappa shape index (κ3) is 620. The lowest BCUT2D eigenvalue weighted by Gasteiger charge is -2.08. The summed E-state index contributed by atoms with van der Waals surface area (Å²) in [5, 5.41) is 29.7. The molecular weight excluding hydrogens is 344 g/mol. The van der Waals surface area contributed by atoms with Gasteiger partial charge >= 0.3 is 0 Å². The van der Waals surface area contributed by atoms with E-state index < -0.39 is 36.2 Å². The first-order chi connectivity index (χ1) is 11.1. The van der Waals surface area contributed by atoms with E-state index in [-0.39, 0.29) is 0 Å². The van der Waals surface area contributed by atoms with E-state index in [0.717, 1.165) is 27.7 Å². The minimum atomic E-state index is -0.833. The summed E-state index contributed by atoms with van der Waals surface area (Å²) in [7, 11) is 0. The highest BCUT2D eigenvalue weighted by Crippen LogP contribution is 1.74. The lowest BCUT2D eigenvalue weighted by atomic mass is 10.5. The number of carboxylic acid groups (broad SMARTS) is 4. The standard InChI is InChI=1S/C4H14N4O.4C2H4O2/c5-3(6)1-9-2-4(7)8;4*1-2(3)4/h3-4H,1-2,5-8H2;4*1H3,(H,3,4). The zero-order valence-corrected chi connectivity index (χ0v) is 14.7. The molecule has 0 aliphatic heterocycles. The molecular formula is C12H30N4O9. The first-order valence-corrected chi connectivity index (χ1v) is 6.44. The van der Waals surface area contributed by atoms with E-state index in [2.05, 4.69) is 0 Å². The van der Waals surface area contributed by atoms with Gasteiger partial charge in [0.05, 0.1) is 25.5 Å². The zero-order chi connectivity index (χ0) is 21.6. The largest absolute Gasteiger partial charge is 0.481 e. The number of aliphatic carboxylic acids is 4. The van der Waals surface area contributed by atoms with Crippen LogP contribution in [0.5, 0.6) is 0 Å². The molecule has 13 nitrogen and oxygen atoms in total. The Hall–Kier alpha value is -2.32. The maximum atomic E-state index is 9.00. The Labute approximate surface area is 145 Å². The fourth-order valence-electron chi connectivity index (χ4n) is 0.340. The molecule has 0 bridgehead atoms. The van der Waals surface area contributed by atoms with Gasteiger partial charge in [-0.05, 0) is 0 Å². The van der Waals surface area contributed by atoms with Crippen molar-refractivity contribution in [2.24, 2.45) is 22.9 Å². The van der Waals surface area contributed by atoms with Gasteiger partial charge in [-0.25, -0.2) is 0 Å². The first kappa shape index (κ1) is 34.1. The van der Waals surface area contributed by atoms with Crippen molar-refractivity contribution in [3.63, 3.8) is 0 Å². The molecule has 0 aliphatic rings. The van der Waals surface area contributed by atoms with E-state index in [0.29, 0.717) is 13.2 Å². The monoisotopic (exact) mass is 374 g/mol. The van der Waals surface area contributed by atoms with Crippen LogP contribution in [0.3, 0.4) is 0 Å². The van der Waals surface area contributed by atoms with Crippen molar-refractivity contribution in [2.75, 3.05) is 13.2 Å². The second-order valence-electron chi connectivity index (χ2n) is 3.94. The Morgan fingerprint density at radius 2 is 0.760 bits per heavy atom. The van der Waals surface area contributed by atoms with Gasteiger partial charge in [0.2, 0.25) is 0 Å². The normalized spacial score (nSPS) is 8.08. The molecule has 12 N–H and O–H groups in total. The lowest BCUT2D eigenvalue weighted by molar-refractivity contribution is -0.135. The summed E-state index contributed by atoms with van der Waals surface area (Å²) in [5.41, 5.74) is 20.6. The predicted molar refractivity (Wildman–Crippen MR) is 88.4 cm³/mol. The van der Waals surface area contributed by atoms with Gasteiger partial charge in [0.25, 0.3) is 23.9 Å². The number of hydrogen-bond acceptors (Lipinski definition) is 9. The number of rotatable bonds is 4. The summed E-state index contributed by atoms with van der Waals surface area (Å²) in [4.78, 5) is 36.0. The van der Waals surface area contributed by atoms with Crippen LogP contribution < -0.4 is 22.9 Å². The van der Waals surface area contributed by atoms with Crippen LogP contribution in [-0.4, -0.2) is 69.8 Å². The second-order valence-corrected chi connectivity index (χ2v) is 3.94. The van der Waals surface area contributed by atoms with Gasteiger partial charge < -0.3 is 48.1 Å². The van der Waals surface area contributed by atoms with Crippen LogP contribution in [0.1, 0.15) is 27.7 Å². The summed E-state index contributed by atoms with van der Waals surface area (Å²) in [5.74, 6) is -3.33. The molecule has 0 atom stereocenters. The highest BCUT2D eigenvalue weighted by Gasteiger charge is 1.95. The van der Waals surface area contributed by atoms with Crippen molar-refractivity contribution in [1.82, 2.24) is 0 Å². The highest BCUT2D eigenvalue weighted by molar-refractivity contribution is 5.63. The smallest absolute Gasteiger partial charge is 0.300 e. The van der Waals surface area contributed by atoms with Crippen LogP contribution in [0.4, 0.5) is 0 Å². The number of ether oxygens (including phenoxy) is 1. The molecule has 0 rings (SSSR count). The average Bonchev–Trinajstić information content (AvgIpc) is 2.23. The zero-order valence-electron chi connectivity index (χ0n) is 14.7. The Kier molecular flexibility index (Phi) is 36.2. The minimum absolute atomic E-state index is 0.297. The molecule has 0 spiro atoms. The average molecular weight is 374 g/mol. The van der Waals surface area contributed by atoms with Crippen molar-refractivity contribution in [1.29, 1.82) is 0 Å². The fraction of sp³-hybridized carbons (Fsp3) is 0.667. The molecule has 0 aromatic carbocycles. The Balaban J connectivity index is -0.0000000714. The van der Waals surface area contributed by atoms with Crippen LogP contribution >= 0.6 is 0 Å². The minimum Gasteiger partial charge on any atom is -0.481 e. The summed E-state index contributed by atoms with van der Waals surface area (Å²) in [6.07, 6.45) is -0.882. The topological polar surface area (TPSA) is 263 Å². The fourth-order valence-corrected chi connectivity index (χ4v) is 0.340. The van der Waals surface area contributed by atoms with Crippen molar-refractivity contribution in [2.45, 2.75) is 40.0 Å². The predicted octanol–water partition coefficient (Wildman–Crippen LogP) is -2.15. The lowest BCUT2D eigenvalue weighted by Crippen LogP contribution is -2.40. The quantitative estimate of drug-likeness (QED) is 0.244. The maximum Gasteiger partial charge on any atom is 0.300 e. The van der Waals surface area contributed by atoms with Gasteiger partial charge in [-0.15, -0.1) is 0 Å². The summed E-state index contributed by atoms with van der Waals surface area (Å²) in [6.45, 7) is 4.93. The molecule has 0 fully saturated rings. The molecule has 0 radical (unpaired) electrons. The van der Waals surface area contributed by atoms with Gasteiger partial charge in [0.15, 0.2) is 0 Å². The van der Waals surface area contributed by atoms with Gasteiger partial charge in [-0.3, -0.25) is 19.2 Å². The SMILES string of the molecule is CC(=O)O.CC(=O)O.CC(=O)O.CC(=O)O.NC(N)COCC(N)N. The van der Waals surface area contributed by atoms with Crippen LogP contribution in [0.25, 0.3) is 0 Å². The van der Waals surface area contributed by atoms with E-state index in [1.165, 1.54) is 0 Å². The maximum absolute atomic E-state index is 9.00. The third-order valence-electron chi connectivity index (χ3n) is 0.621. The van der Waals surface area contributed by atoms with Gasteiger partial charge in [0, 0.05) is 27.7 Å². The Morgan fingerprint density at radius 1 is 0.640 bits per heavy atom. The summed E-state index contributed by atoms with van der Waals surface area (Å²) >= 11 is 0. The van der Waals surface area contributed by atoms with Crippen LogP contribution in [0.15, 0.2) is 0 Å². The molecule has 152 valence electrons. The number of carboxylic acids is 4. The second kappa shape index (κ2) is 26.6. The molecule has 0 aromatic rings. The molecule has 0 aliphatic carbocycles. The Morgan fingerprint density at radius 3 is 0.840 bits per heavy atom. The van der Waals surface area contributed by atoms with Crippen LogP contribution in [0.2, 0.25) is 0 Å². The van der Waals surface area contributed by atoms with E-state index in [4.69, 9.17) is 67.3 Å². The van der Waals surface area contributed by atoms with Crippen LogP contribution in [-0.2, 0) is 23.9 Å². The first-order valence-electron chi connectivity index (χ1n) is 6.44. The molecule has 0 saturated carbocycles. The van der Waals surface area contributed by atoms with Crippen molar-refractivity contribution in [3.8, 4) is 0 Å².